The van der Waals surface area contributed by atoms with E-state index >= 15 is 0 Å². The summed E-state index contributed by atoms with van der Waals surface area (Å²) in [5.41, 5.74) is 5.17. The highest BCUT2D eigenvalue weighted by molar-refractivity contribution is 5.75. The molecule has 0 aromatic heterocycles. The summed E-state index contributed by atoms with van der Waals surface area (Å²) in [7, 11) is 1.28. The Kier molecular flexibility index (Phi) is 3.27. The van der Waals surface area contributed by atoms with E-state index in [0.29, 0.717) is 6.54 Å². The second-order valence-corrected chi connectivity index (χ2v) is 3.70. The number of hydrogen-bond donors (Lipinski definition) is 2. The van der Waals surface area contributed by atoms with E-state index in [2.05, 4.69) is 4.74 Å². The van der Waals surface area contributed by atoms with Crippen molar-refractivity contribution in [2.24, 2.45) is 11.1 Å². The molecular formula is C9H17NO3. The molecule has 1 aliphatic carbocycles. The third-order valence-corrected chi connectivity index (χ3v) is 3.01. The van der Waals surface area contributed by atoms with Crippen LogP contribution in [0.4, 0.5) is 0 Å². The van der Waals surface area contributed by atoms with Gasteiger partial charge in [-0.15, -0.1) is 0 Å². The summed E-state index contributed by atoms with van der Waals surface area (Å²) < 4.78 is 4.51. The van der Waals surface area contributed by atoms with Crippen LogP contribution in [0.3, 0.4) is 0 Å². The summed E-state index contributed by atoms with van der Waals surface area (Å²) in [4.78, 5) is 11.1. The molecular weight excluding hydrogens is 170 g/mol. The summed E-state index contributed by atoms with van der Waals surface area (Å²) in [6, 6.07) is 0. The molecule has 0 heterocycles. The first kappa shape index (κ1) is 10.5. The van der Waals surface area contributed by atoms with Crippen LogP contribution in [0.2, 0.25) is 0 Å². The minimum atomic E-state index is -1.05. The summed E-state index contributed by atoms with van der Waals surface area (Å²) in [5, 5.41) is 9.71. The zero-order valence-electron chi connectivity index (χ0n) is 7.95. The van der Waals surface area contributed by atoms with Crippen LogP contribution in [-0.2, 0) is 9.53 Å². The zero-order valence-corrected chi connectivity index (χ0v) is 7.95. The van der Waals surface area contributed by atoms with Crippen molar-refractivity contribution in [1.29, 1.82) is 0 Å². The van der Waals surface area contributed by atoms with Gasteiger partial charge in [-0.3, -0.25) is 0 Å². The number of carbonyl (C=O) groups excluding carboxylic acids is 1. The van der Waals surface area contributed by atoms with Crippen molar-refractivity contribution in [3.8, 4) is 0 Å². The van der Waals surface area contributed by atoms with Gasteiger partial charge in [-0.1, -0.05) is 12.8 Å². The molecule has 0 aliphatic heterocycles. The lowest BCUT2D eigenvalue weighted by Gasteiger charge is -2.30. The van der Waals surface area contributed by atoms with Gasteiger partial charge >= 0.3 is 5.97 Å². The second-order valence-electron chi connectivity index (χ2n) is 3.70. The Bertz CT molecular complexity index is 187. The number of aliphatic hydroxyl groups is 1. The molecule has 0 aromatic rings. The van der Waals surface area contributed by atoms with E-state index in [9.17, 15) is 9.90 Å². The third kappa shape index (κ3) is 1.84. The Morgan fingerprint density at radius 3 is 2.54 bits per heavy atom. The Balaban J connectivity index is 2.70. The Hall–Kier alpha value is -0.610. The van der Waals surface area contributed by atoms with E-state index < -0.39 is 17.5 Å². The van der Waals surface area contributed by atoms with Gasteiger partial charge in [-0.05, 0) is 12.8 Å². The van der Waals surface area contributed by atoms with Crippen LogP contribution in [0.25, 0.3) is 0 Å². The minimum absolute atomic E-state index is 0.350. The van der Waals surface area contributed by atoms with E-state index in [1.54, 1.807) is 0 Å². The number of rotatable bonds is 3. The zero-order chi connectivity index (χ0) is 9.90. The lowest BCUT2D eigenvalue weighted by atomic mass is 9.80. The van der Waals surface area contributed by atoms with Crippen molar-refractivity contribution in [2.75, 3.05) is 13.7 Å². The maximum Gasteiger partial charge on any atom is 0.335 e. The number of ether oxygens (including phenoxy) is 1. The van der Waals surface area contributed by atoms with E-state index in [-0.39, 0.29) is 0 Å². The van der Waals surface area contributed by atoms with Crippen molar-refractivity contribution in [3.05, 3.63) is 0 Å². The lowest BCUT2D eigenvalue weighted by molar-refractivity contribution is -0.157. The molecule has 0 radical (unpaired) electrons. The van der Waals surface area contributed by atoms with Crippen LogP contribution in [0.15, 0.2) is 0 Å². The van der Waals surface area contributed by atoms with Gasteiger partial charge in [0.2, 0.25) is 0 Å². The van der Waals surface area contributed by atoms with Crippen LogP contribution in [0, 0.1) is 5.41 Å². The molecule has 3 N–H and O–H groups in total. The van der Waals surface area contributed by atoms with Crippen LogP contribution in [-0.4, -0.2) is 30.8 Å². The fourth-order valence-electron chi connectivity index (χ4n) is 2.03. The van der Waals surface area contributed by atoms with Crippen LogP contribution in [0.5, 0.6) is 0 Å². The Morgan fingerprint density at radius 1 is 1.62 bits per heavy atom. The van der Waals surface area contributed by atoms with E-state index in [1.807, 2.05) is 0 Å². The molecule has 4 heteroatoms. The van der Waals surface area contributed by atoms with Gasteiger partial charge in [0.1, 0.15) is 0 Å². The quantitative estimate of drug-likeness (QED) is 0.612. The molecule has 1 unspecified atom stereocenters. The highest BCUT2D eigenvalue weighted by Gasteiger charge is 2.43. The molecule has 1 rings (SSSR count). The Morgan fingerprint density at radius 2 is 2.15 bits per heavy atom. The second kappa shape index (κ2) is 4.07. The number of nitrogens with two attached hydrogens (primary N) is 1. The molecule has 0 amide bonds. The number of methoxy groups -OCH3 is 1. The topological polar surface area (TPSA) is 72.5 Å². The van der Waals surface area contributed by atoms with Crippen LogP contribution >= 0.6 is 0 Å². The molecule has 1 fully saturated rings. The maximum absolute atomic E-state index is 11.1. The smallest absolute Gasteiger partial charge is 0.335 e. The molecule has 4 nitrogen and oxygen atoms in total. The molecule has 1 atom stereocenters. The van der Waals surface area contributed by atoms with Crippen molar-refractivity contribution in [2.45, 2.75) is 31.8 Å². The van der Waals surface area contributed by atoms with Crippen molar-refractivity contribution in [1.82, 2.24) is 0 Å². The molecule has 1 saturated carbocycles. The summed E-state index contributed by atoms with van der Waals surface area (Å²) in [6.07, 6.45) is 2.65. The van der Waals surface area contributed by atoms with Crippen LogP contribution in [0.1, 0.15) is 25.7 Å². The summed E-state index contributed by atoms with van der Waals surface area (Å²) in [5.74, 6) is -0.563. The first-order valence-electron chi connectivity index (χ1n) is 4.62. The van der Waals surface area contributed by atoms with Gasteiger partial charge in [0.05, 0.1) is 7.11 Å². The normalized spacial score (nSPS) is 22.7. The first-order valence-corrected chi connectivity index (χ1v) is 4.62. The average Bonchev–Trinajstić information content (AvgIpc) is 2.65. The average molecular weight is 187 g/mol. The minimum Gasteiger partial charge on any atom is -0.467 e. The predicted molar refractivity (Wildman–Crippen MR) is 48.0 cm³/mol. The van der Waals surface area contributed by atoms with Crippen molar-refractivity contribution in [3.63, 3.8) is 0 Å². The molecule has 0 spiro atoms. The number of esters is 1. The predicted octanol–water partition coefficient (Wildman–Crippen LogP) is 0.0394. The SMILES string of the molecule is COC(=O)C(O)C1(CN)CCCC1. The molecule has 1 aliphatic rings. The van der Waals surface area contributed by atoms with Gasteiger partial charge in [0.25, 0.3) is 0 Å². The standard InChI is InChI=1S/C9H17NO3/c1-13-8(12)7(11)9(6-10)4-2-3-5-9/h7,11H,2-6,10H2,1H3. The van der Waals surface area contributed by atoms with Gasteiger partial charge < -0.3 is 15.6 Å². The number of hydrogen-bond acceptors (Lipinski definition) is 4. The van der Waals surface area contributed by atoms with Crippen LogP contribution < -0.4 is 5.73 Å². The van der Waals surface area contributed by atoms with E-state index in [1.165, 1.54) is 7.11 Å². The molecule has 13 heavy (non-hydrogen) atoms. The maximum atomic E-state index is 11.1. The largest absolute Gasteiger partial charge is 0.467 e. The van der Waals surface area contributed by atoms with Crippen molar-refractivity contribution >= 4 is 5.97 Å². The van der Waals surface area contributed by atoms with Gasteiger partial charge in [0.15, 0.2) is 6.10 Å². The number of aliphatic hydroxyl groups excluding tert-OH is 1. The highest BCUT2D eigenvalue weighted by Crippen LogP contribution is 2.40. The highest BCUT2D eigenvalue weighted by atomic mass is 16.5. The molecule has 76 valence electrons. The van der Waals surface area contributed by atoms with Crippen molar-refractivity contribution < 1.29 is 14.6 Å². The summed E-state index contributed by atoms with van der Waals surface area (Å²) >= 11 is 0. The Labute approximate surface area is 78.1 Å². The van der Waals surface area contributed by atoms with Gasteiger partial charge in [-0.2, -0.15) is 0 Å². The first-order chi connectivity index (χ1) is 6.16. The third-order valence-electron chi connectivity index (χ3n) is 3.01. The molecule has 0 aromatic carbocycles. The fraction of sp³-hybridized carbons (Fsp3) is 0.889. The monoisotopic (exact) mass is 187 g/mol. The van der Waals surface area contributed by atoms with E-state index in [4.69, 9.17) is 5.73 Å². The fourth-order valence-corrected chi connectivity index (χ4v) is 2.03. The van der Waals surface area contributed by atoms with Gasteiger partial charge in [0, 0.05) is 12.0 Å². The molecule has 0 bridgehead atoms. The van der Waals surface area contributed by atoms with E-state index in [0.717, 1.165) is 25.7 Å². The molecule has 0 saturated heterocycles. The summed E-state index contributed by atoms with van der Waals surface area (Å²) in [6.45, 7) is 0.350. The number of carbonyl (C=O) groups is 1. The van der Waals surface area contributed by atoms with Gasteiger partial charge in [-0.25, -0.2) is 4.79 Å². The lowest BCUT2D eigenvalue weighted by Crippen LogP contribution is -2.44.